The number of hydrogen-bond donors (Lipinski definition) is 0. The molecule has 1 atom stereocenters. The summed E-state index contributed by atoms with van der Waals surface area (Å²) in [6, 6.07) is 10.7. The van der Waals surface area contributed by atoms with Crippen molar-refractivity contribution in [2.75, 3.05) is 19.8 Å². The van der Waals surface area contributed by atoms with Gasteiger partial charge in [0.1, 0.15) is 0 Å². The van der Waals surface area contributed by atoms with Crippen LogP contribution in [0.3, 0.4) is 0 Å². The summed E-state index contributed by atoms with van der Waals surface area (Å²) in [4.78, 5) is 0. The van der Waals surface area contributed by atoms with E-state index in [0.29, 0.717) is 19.8 Å². The van der Waals surface area contributed by atoms with E-state index in [2.05, 4.69) is 37.3 Å². The molecule has 0 heterocycles. The Kier molecular flexibility index (Phi) is 14.6. The number of hydrogen-bond acceptors (Lipinski definition) is 3. The van der Waals surface area contributed by atoms with E-state index in [1.165, 1.54) is 63.4 Å². The van der Waals surface area contributed by atoms with Gasteiger partial charge in [-0.05, 0) is 32.8 Å². The van der Waals surface area contributed by atoms with E-state index >= 15 is 0 Å². The number of unbranched alkanes of at least 4 members (excludes halogenated alkanes) is 8. The topological polar surface area (TPSA) is 27.7 Å². The Balaban J connectivity index is 2.67. The lowest BCUT2D eigenvalue weighted by Crippen LogP contribution is -2.52. The molecule has 0 saturated carbocycles. The van der Waals surface area contributed by atoms with Crippen molar-refractivity contribution < 1.29 is 13.3 Å². The summed E-state index contributed by atoms with van der Waals surface area (Å²) in [7, 11) is -2.76. The van der Waals surface area contributed by atoms with Crippen LogP contribution in [0, 0.1) is 0 Å². The van der Waals surface area contributed by atoms with Gasteiger partial charge in [0.15, 0.2) is 0 Å². The van der Waals surface area contributed by atoms with Crippen LogP contribution in [0.15, 0.2) is 30.3 Å². The second kappa shape index (κ2) is 16.2. The minimum absolute atomic E-state index is 0.220. The van der Waals surface area contributed by atoms with Gasteiger partial charge in [-0.1, -0.05) is 95.0 Å². The Morgan fingerprint density at radius 2 is 1.11 bits per heavy atom. The molecule has 4 heteroatoms. The van der Waals surface area contributed by atoms with Crippen LogP contribution in [0.2, 0.25) is 0 Å². The molecule has 0 amide bonds. The molecule has 1 rings (SSSR count). The maximum atomic E-state index is 6.25. The molecule has 0 bridgehead atoms. The maximum Gasteiger partial charge on any atom is 0.508 e. The van der Waals surface area contributed by atoms with Crippen molar-refractivity contribution >= 4 is 8.80 Å². The minimum atomic E-state index is -2.76. The molecule has 0 N–H and O–H groups in total. The van der Waals surface area contributed by atoms with Gasteiger partial charge in [0.25, 0.3) is 0 Å². The normalized spacial score (nSPS) is 13.0. The van der Waals surface area contributed by atoms with Crippen molar-refractivity contribution in [1.29, 1.82) is 0 Å². The zero-order valence-corrected chi connectivity index (χ0v) is 19.9. The van der Waals surface area contributed by atoms with Gasteiger partial charge in [-0.25, -0.2) is 0 Å². The molecule has 1 aromatic rings. The Labute approximate surface area is 175 Å². The van der Waals surface area contributed by atoms with E-state index in [-0.39, 0.29) is 5.54 Å². The van der Waals surface area contributed by atoms with Crippen LogP contribution in [0.4, 0.5) is 0 Å². The standard InChI is InChI=1S/C24H44O3Si/c1-5-9-10-11-12-13-14-15-19-22-24(23-20-17-16-18-21-23)28(25-6-2,26-7-3)27-8-4/h16-18,20-21,24H,5-15,19,22H2,1-4H3. The number of rotatable bonds is 18. The highest BCUT2D eigenvalue weighted by molar-refractivity contribution is 6.62. The van der Waals surface area contributed by atoms with Gasteiger partial charge in [-0.2, -0.15) is 0 Å². The molecule has 0 aromatic heterocycles. The van der Waals surface area contributed by atoms with Crippen LogP contribution in [0.25, 0.3) is 0 Å². The second-order valence-electron chi connectivity index (χ2n) is 7.48. The Morgan fingerprint density at radius 3 is 1.57 bits per heavy atom. The van der Waals surface area contributed by atoms with Crippen molar-refractivity contribution in [1.82, 2.24) is 0 Å². The van der Waals surface area contributed by atoms with Crippen LogP contribution in [0.1, 0.15) is 103 Å². The first-order chi connectivity index (χ1) is 13.7. The van der Waals surface area contributed by atoms with Gasteiger partial charge in [0.05, 0.1) is 5.54 Å². The summed E-state index contributed by atoms with van der Waals surface area (Å²) < 4.78 is 18.8. The highest BCUT2D eigenvalue weighted by Gasteiger charge is 2.49. The molecule has 1 unspecified atom stereocenters. The average molecular weight is 409 g/mol. The molecule has 0 aliphatic heterocycles. The van der Waals surface area contributed by atoms with Gasteiger partial charge < -0.3 is 13.3 Å². The van der Waals surface area contributed by atoms with Crippen LogP contribution < -0.4 is 0 Å². The van der Waals surface area contributed by atoms with Gasteiger partial charge >= 0.3 is 8.80 Å². The first-order valence-electron chi connectivity index (χ1n) is 11.7. The van der Waals surface area contributed by atoms with Crippen molar-refractivity contribution in [2.45, 2.75) is 97.4 Å². The maximum absolute atomic E-state index is 6.25. The molecule has 0 spiro atoms. The van der Waals surface area contributed by atoms with Crippen LogP contribution in [-0.4, -0.2) is 28.6 Å². The summed E-state index contributed by atoms with van der Waals surface area (Å²) in [6.07, 6.45) is 13.2. The third-order valence-corrected chi connectivity index (χ3v) is 8.81. The predicted molar refractivity (Wildman–Crippen MR) is 122 cm³/mol. The second-order valence-corrected chi connectivity index (χ2v) is 10.3. The fourth-order valence-corrected chi connectivity index (χ4v) is 7.14. The highest BCUT2D eigenvalue weighted by Crippen LogP contribution is 2.35. The van der Waals surface area contributed by atoms with Crippen molar-refractivity contribution in [3.8, 4) is 0 Å². The van der Waals surface area contributed by atoms with Crippen molar-refractivity contribution in [3.05, 3.63) is 35.9 Å². The largest absolute Gasteiger partial charge is 0.508 e. The van der Waals surface area contributed by atoms with E-state index in [4.69, 9.17) is 13.3 Å². The molecule has 0 aliphatic rings. The molecule has 3 nitrogen and oxygen atoms in total. The van der Waals surface area contributed by atoms with E-state index < -0.39 is 8.80 Å². The van der Waals surface area contributed by atoms with Crippen LogP contribution in [0.5, 0.6) is 0 Å². The third kappa shape index (κ3) is 9.21. The zero-order valence-electron chi connectivity index (χ0n) is 18.9. The summed E-state index contributed by atoms with van der Waals surface area (Å²) in [5.41, 5.74) is 1.52. The lowest BCUT2D eigenvalue weighted by molar-refractivity contribution is 0.0603. The summed E-state index contributed by atoms with van der Waals surface area (Å²) in [5.74, 6) is 0. The van der Waals surface area contributed by atoms with Gasteiger partial charge in [-0.3, -0.25) is 0 Å². The Hall–Kier alpha value is -0.683. The lowest BCUT2D eigenvalue weighted by atomic mass is 10.0. The van der Waals surface area contributed by atoms with Crippen molar-refractivity contribution in [2.24, 2.45) is 0 Å². The van der Waals surface area contributed by atoms with Gasteiger partial charge in [-0.15, -0.1) is 0 Å². The molecule has 0 radical (unpaired) electrons. The quantitative estimate of drug-likeness (QED) is 0.189. The van der Waals surface area contributed by atoms with Gasteiger partial charge in [0, 0.05) is 19.8 Å². The molecule has 162 valence electrons. The Morgan fingerprint density at radius 1 is 0.643 bits per heavy atom. The third-order valence-electron chi connectivity index (χ3n) is 5.26. The van der Waals surface area contributed by atoms with E-state index in [9.17, 15) is 0 Å². The lowest BCUT2D eigenvalue weighted by Gasteiger charge is -2.35. The predicted octanol–water partition coefficient (Wildman–Crippen LogP) is 7.28. The minimum Gasteiger partial charge on any atom is -0.373 e. The summed E-state index contributed by atoms with van der Waals surface area (Å²) >= 11 is 0. The summed E-state index contributed by atoms with van der Waals surface area (Å²) in [6.45, 7) is 10.3. The zero-order chi connectivity index (χ0) is 20.5. The molecule has 0 fully saturated rings. The highest BCUT2D eigenvalue weighted by atomic mass is 28.4. The molecule has 28 heavy (non-hydrogen) atoms. The van der Waals surface area contributed by atoms with E-state index in [0.717, 1.165) is 6.42 Å². The smallest absolute Gasteiger partial charge is 0.373 e. The Bertz CT molecular complexity index is 449. The SMILES string of the molecule is CCCCCCCCCCCC(c1ccccc1)[Si](OCC)(OCC)OCC. The summed E-state index contributed by atoms with van der Waals surface area (Å²) in [5, 5.41) is 0. The van der Waals surface area contributed by atoms with Crippen LogP contribution in [-0.2, 0) is 13.3 Å². The molecular formula is C24H44O3Si. The fourth-order valence-electron chi connectivity index (χ4n) is 3.92. The number of benzene rings is 1. The van der Waals surface area contributed by atoms with E-state index in [1.54, 1.807) is 0 Å². The molecular weight excluding hydrogens is 364 g/mol. The van der Waals surface area contributed by atoms with Crippen molar-refractivity contribution in [3.63, 3.8) is 0 Å². The van der Waals surface area contributed by atoms with Crippen LogP contribution >= 0.6 is 0 Å². The van der Waals surface area contributed by atoms with Gasteiger partial charge in [0.2, 0.25) is 0 Å². The molecule has 1 aromatic carbocycles. The fraction of sp³-hybridized carbons (Fsp3) is 0.750. The first-order valence-corrected chi connectivity index (χ1v) is 13.5. The molecule has 0 aliphatic carbocycles. The van der Waals surface area contributed by atoms with E-state index in [1.807, 2.05) is 20.8 Å². The first kappa shape index (κ1) is 25.4. The average Bonchev–Trinajstić information content (AvgIpc) is 2.70. The monoisotopic (exact) mass is 408 g/mol. The molecule has 0 saturated heterocycles.